The molecule has 4 atom stereocenters. The van der Waals surface area contributed by atoms with Crippen molar-refractivity contribution in [1.82, 2.24) is 14.9 Å². The number of carbonyl (C=O) groups is 2. The van der Waals surface area contributed by atoms with E-state index in [0.29, 0.717) is 19.3 Å². The highest BCUT2D eigenvalue weighted by molar-refractivity contribution is 5.69. The Morgan fingerprint density at radius 2 is 2.37 bits per heavy atom. The standard InChI is InChI=1S/C17H24N6O7/c1-29-15(26)3-2-5-19-11(4-6-24)10-8-23(17(28)20-16(10)27)14-7-12(21-22-18)13(9-25)30-14/h6,8,11-14,19,25H,2-5,7,9H2,1H3,(H,20,27,28)/t11?,12?,13-,14-/m1/s1. The summed E-state index contributed by atoms with van der Waals surface area (Å²) in [7, 11) is 1.28. The summed E-state index contributed by atoms with van der Waals surface area (Å²) < 4.78 is 11.3. The molecule has 0 aromatic carbocycles. The molecule has 0 bridgehead atoms. The molecule has 164 valence electrons. The molecule has 1 saturated heterocycles. The van der Waals surface area contributed by atoms with Crippen molar-refractivity contribution in [3.05, 3.63) is 43.0 Å². The molecule has 1 aromatic heterocycles. The second-order valence-electron chi connectivity index (χ2n) is 6.66. The summed E-state index contributed by atoms with van der Waals surface area (Å²) in [6, 6.07) is -1.37. The fourth-order valence-corrected chi connectivity index (χ4v) is 3.23. The van der Waals surface area contributed by atoms with Crippen LogP contribution in [0.15, 0.2) is 20.9 Å². The van der Waals surface area contributed by atoms with Gasteiger partial charge in [-0.15, -0.1) is 0 Å². The van der Waals surface area contributed by atoms with Gasteiger partial charge >= 0.3 is 11.7 Å². The van der Waals surface area contributed by atoms with Gasteiger partial charge in [0.25, 0.3) is 5.56 Å². The molecule has 1 aromatic rings. The molecule has 0 amide bonds. The van der Waals surface area contributed by atoms with Crippen molar-refractivity contribution in [2.45, 2.75) is 50.1 Å². The highest BCUT2D eigenvalue weighted by atomic mass is 16.5. The predicted molar refractivity (Wildman–Crippen MR) is 103 cm³/mol. The van der Waals surface area contributed by atoms with Crippen LogP contribution in [0.5, 0.6) is 0 Å². The van der Waals surface area contributed by atoms with Gasteiger partial charge in [-0.2, -0.15) is 0 Å². The Labute approximate surface area is 170 Å². The number of aliphatic hydroxyl groups is 1. The van der Waals surface area contributed by atoms with Crippen LogP contribution < -0.4 is 16.6 Å². The Bertz CT molecular complexity index is 907. The highest BCUT2D eigenvalue weighted by Crippen LogP contribution is 2.30. The van der Waals surface area contributed by atoms with Crippen molar-refractivity contribution in [1.29, 1.82) is 0 Å². The van der Waals surface area contributed by atoms with Gasteiger partial charge in [-0.3, -0.25) is 19.1 Å². The van der Waals surface area contributed by atoms with Gasteiger partial charge in [0, 0.05) is 36.4 Å². The van der Waals surface area contributed by atoms with Crippen molar-refractivity contribution >= 4 is 12.3 Å². The lowest BCUT2D eigenvalue weighted by atomic mass is 10.1. The third-order valence-corrected chi connectivity index (χ3v) is 4.77. The van der Waals surface area contributed by atoms with E-state index in [2.05, 4.69) is 25.1 Å². The molecule has 1 fully saturated rings. The maximum Gasteiger partial charge on any atom is 0.330 e. The summed E-state index contributed by atoms with van der Waals surface area (Å²) in [6.07, 6.45) is 0.979. The van der Waals surface area contributed by atoms with E-state index >= 15 is 0 Å². The van der Waals surface area contributed by atoms with Crippen LogP contribution in [0.2, 0.25) is 0 Å². The fraction of sp³-hybridized carbons (Fsp3) is 0.647. The van der Waals surface area contributed by atoms with Gasteiger partial charge < -0.3 is 24.7 Å². The fourth-order valence-electron chi connectivity index (χ4n) is 3.23. The van der Waals surface area contributed by atoms with Gasteiger partial charge in [0.15, 0.2) is 0 Å². The van der Waals surface area contributed by atoms with E-state index in [1.54, 1.807) is 0 Å². The maximum atomic E-state index is 12.4. The minimum atomic E-state index is -0.864. The second-order valence-corrected chi connectivity index (χ2v) is 6.66. The smallest absolute Gasteiger partial charge is 0.330 e. The molecule has 0 spiro atoms. The second kappa shape index (κ2) is 11.3. The number of aromatic nitrogens is 2. The van der Waals surface area contributed by atoms with Gasteiger partial charge in [-0.1, -0.05) is 5.11 Å². The van der Waals surface area contributed by atoms with Crippen molar-refractivity contribution < 1.29 is 24.2 Å². The maximum absolute atomic E-state index is 12.4. The van der Waals surface area contributed by atoms with Crippen molar-refractivity contribution in [2.75, 3.05) is 20.3 Å². The first-order valence-electron chi connectivity index (χ1n) is 9.34. The first kappa shape index (κ1) is 23.3. The van der Waals surface area contributed by atoms with Crippen LogP contribution >= 0.6 is 0 Å². The van der Waals surface area contributed by atoms with E-state index in [1.165, 1.54) is 13.3 Å². The molecule has 2 rings (SSSR count). The van der Waals surface area contributed by atoms with Crippen molar-refractivity contribution in [3.8, 4) is 0 Å². The summed E-state index contributed by atoms with van der Waals surface area (Å²) in [5.41, 5.74) is 7.39. The summed E-state index contributed by atoms with van der Waals surface area (Å²) in [5.74, 6) is -0.374. The number of aromatic amines is 1. The quantitative estimate of drug-likeness (QED) is 0.107. The van der Waals surface area contributed by atoms with Crippen LogP contribution in [0.25, 0.3) is 10.4 Å². The number of rotatable bonds is 11. The van der Waals surface area contributed by atoms with Crippen LogP contribution in [0, 0.1) is 0 Å². The van der Waals surface area contributed by atoms with Crippen LogP contribution in [0.1, 0.15) is 43.5 Å². The average Bonchev–Trinajstić information content (AvgIpc) is 3.13. The third kappa shape index (κ3) is 5.76. The molecule has 3 N–H and O–H groups in total. The number of aliphatic hydroxyl groups excluding tert-OH is 1. The largest absolute Gasteiger partial charge is 0.469 e. The number of hydrogen-bond donors (Lipinski definition) is 3. The normalized spacial score (nSPS) is 21.6. The molecule has 30 heavy (non-hydrogen) atoms. The molecule has 0 aliphatic carbocycles. The van der Waals surface area contributed by atoms with Crippen LogP contribution in [0.3, 0.4) is 0 Å². The summed E-state index contributed by atoms with van der Waals surface area (Å²) >= 11 is 0. The number of azide groups is 1. The Balaban J connectivity index is 2.24. The average molecular weight is 424 g/mol. The molecule has 1 aliphatic heterocycles. The zero-order valence-corrected chi connectivity index (χ0v) is 16.4. The number of hydrogen-bond acceptors (Lipinski definition) is 9. The van der Waals surface area contributed by atoms with Gasteiger partial charge in [-0.25, -0.2) is 4.79 Å². The predicted octanol–water partition coefficient (Wildman–Crippen LogP) is -0.332. The lowest BCUT2D eigenvalue weighted by molar-refractivity contribution is -0.140. The van der Waals surface area contributed by atoms with E-state index < -0.39 is 42.3 Å². The number of aldehydes is 1. The number of carbonyl (C=O) groups excluding carboxylic acids is 2. The van der Waals surface area contributed by atoms with E-state index in [9.17, 15) is 24.3 Å². The number of ether oxygens (including phenoxy) is 2. The van der Waals surface area contributed by atoms with Crippen molar-refractivity contribution in [3.63, 3.8) is 0 Å². The molecule has 0 saturated carbocycles. The highest BCUT2D eigenvalue weighted by Gasteiger charge is 2.36. The van der Waals surface area contributed by atoms with Gasteiger partial charge in [-0.05, 0) is 18.5 Å². The molecule has 1 aliphatic rings. The lowest BCUT2D eigenvalue weighted by Crippen LogP contribution is -2.37. The molecular weight excluding hydrogens is 400 g/mol. The zero-order chi connectivity index (χ0) is 22.1. The van der Waals surface area contributed by atoms with Gasteiger partial charge in [0.05, 0.1) is 31.4 Å². The summed E-state index contributed by atoms with van der Waals surface area (Å²) in [5, 5.41) is 16.0. The molecule has 13 nitrogen and oxygen atoms in total. The monoisotopic (exact) mass is 424 g/mol. The lowest BCUT2D eigenvalue weighted by Gasteiger charge is -2.19. The van der Waals surface area contributed by atoms with Crippen molar-refractivity contribution in [2.24, 2.45) is 5.11 Å². The molecule has 2 heterocycles. The summed E-state index contributed by atoms with van der Waals surface area (Å²) in [4.78, 5) is 51.9. The van der Waals surface area contributed by atoms with E-state index in [-0.39, 0.29) is 30.8 Å². The van der Waals surface area contributed by atoms with Crippen LogP contribution in [0.4, 0.5) is 0 Å². The van der Waals surface area contributed by atoms with Gasteiger partial charge in [0.2, 0.25) is 0 Å². The Kier molecular flexibility index (Phi) is 8.74. The third-order valence-electron chi connectivity index (χ3n) is 4.77. The van der Waals surface area contributed by atoms with E-state index in [0.717, 1.165) is 4.57 Å². The Morgan fingerprint density at radius 3 is 3.00 bits per heavy atom. The first-order chi connectivity index (χ1) is 14.4. The van der Waals surface area contributed by atoms with E-state index in [4.69, 9.17) is 10.3 Å². The zero-order valence-electron chi connectivity index (χ0n) is 16.4. The Hall–Kier alpha value is -2.99. The first-order valence-corrected chi connectivity index (χ1v) is 9.34. The van der Waals surface area contributed by atoms with E-state index in [1.807, 2.05) is 0 Å². The molecule has 2 unspecified atom stereocenters. The van der Waals surface area contributed by atoms with Gasteiger partial charge in [0.1, 0.15) is 12.5 Å². The summed E-state index contributed by atoms with van der Waals surface area (Å²) in [6.45, 7) is -0.0711. The number of nitrogens with one attached hydrogen (secondary N) is 2. The Morgan fingerprint density at radius 1 is 1.60 bits per heavy atom. The number of nitrogens with zero attached hydrogens (tertiary/aromatic N) is 4. The minimum absolute atomic E-state index is 0.0361. The molecular formula is C17H24N6O7. The number of H-pyrrole nitrogens is 1. The van der Waals surface area contributed by atoms with Crippen LogP contribution in [-0.4, -0.2) is 59.3 Å². The SMILES string of the molecule is COC(=O)CCCNC(CC=O)c1cn([C@H]2CC(N=[N+]=[N-])[C@@H](CO)O2)c(=O)[nH]c1=O. The molecule has 0 radical (unpaired) electrons. The minimum Gasteiger partial charge on any atom is -0.469 e. The number of methoxy groups -OCH3 is 1. The topological polar surface area (TPSA) is 188 Å². The van der Waals surface area contributed by atoms with Crippen LogP contribution in [-0.2, 0) is 19.1 Å². The number of esters is 1. The molecule has 13 heteroatoms.